The van der Waals surface area contributed by atoms with Gasteiger partial charge in [0.15, 0.2) is 0 Å². The highest BCUT2D eigenvalue weighted by atomic mass is 16.5. The molecule has 0 heterocycles. The van der Waals surface area contributed by atoms with Crippen LogP contribution in [0.25, 0.3) is 0 Å². The number of hydrogen-bond acceptors (Lipinski definition) is 8. The molecule has 10 heteroatoms. The molecule has 2 atom stereocenters. The molecule has 4 aromatic carbocycles. The summed E-state index contributed by atoms with van der Waals surface area (Å²) in [6.07, 6.45) is 0.999. The normalized spacial score (nSPS) is 15.5. The Balaban J connectivity index is 2.08. The molecule has 0 unspecified atom stereocenters. The Kier molecular flexibility index (Phi) is 11.9. The highest BCUT2D eigenvalue weighted by Crippen LogP contribution is 2.57. The van der Waals surface area contributed by atoms with Gasteiger partial charge in [0.2, 0.25) is 11.8 Å². The number of rotatable bonds is 14. The summed E-state index contributed by atoms with van der Waals surface area (Å²) in [4.78, 5) is 31.5. The third kappa shape index (κ3) is 6.98. The van der Waals surface area contributed by atoms with Crippen LogP contribution in [0.3, 0.4) is 0 Å². The maximum atomic E-state index is 16.2. The molecule has 1 fully saturated rings. The summed E-state index contributed by atoms with van der Waals surface area (Å²) in [6.45, 7) is 11.6. The molecule has 0 saturated heterocycles. The van der Waals surface area contributed by atoms with Crippen LogP contribution >= 0.6 is 0 Å². The van der Waals surface area contributed by atoms with Gasteiger partial charge in [-0.15, -0.1) is 0 Å². The molecule has 56 heavy (non-hydrogen) atoms. The van der Waals surface area contributed by atoms with Gasteiger partial charge in [-0.3, -0.25) is 9.59 Å². The van der Waals surface area contributed by atoms with Crippen molar-refractivity contribution in [2.45, 2.75) is 84.1 Å². The van der Waals surface area contributed by atoms with Crippen molar-refractivity contribution in [3.05, 3.63) is 119 Å². The summed E-state index contributed by atoms with van der Waals surface area (Å²) in [5.41, 5.74) is -0.278. The number of nitrogens with zero attached hydrogens (tertiary/aromatic N) is 1. The molecule has 0 aliphatic heterocycles. The van der Waals surface area contributed by atoms with Crippen molar-refractivity contribution >= 4 is 11.8 Å². The van der Waals surface area contributed by atoms with Gasteiger partial charge >= 0.3 is 0 Å². The Morgan fingerprint density at radius 2 is 0.839 bits per heavy atom. The minimum absolute atomic E-state index is 0.203. The second kappa shape index (κ2) is 15.8. The Labute approximate surface area is 331 Å². The number of nitrogens with two attached hydrogens (primary N) is 1. The Morgan fingerprint density at radius 3 is 1.04 bits per heavy atom. The van der Waals surface area contributed by atoms with E-state index in [4.69, 9.17) is 24.7 Å². The Hall–Kier alpha value is -5.06. The fourth-order valence-electron chi connectivity index (χ4n) is 8.93. The van der Waals surface area contributed by atoms with Crippen LogP contribution in [0.4, 0.5) is 0 Å². The van der Waals surface area contributed by atoms with E-state index in [1.54, 1.807) is 102 Å². The molecule has 1 aliphatic carbocycles. The predicted octanol–water partition coefficient (Wildman–Crippen LogP) is 7.21. The lowest BCUT2D eigenvalue weighted by molar-refractivity contribution is -0.189. The molecule has 1 aliphatic rings. The van der Waals surface area contributed by atoms with Crippen molar-refractivity contribution in [3.8, 4) is 23.0 Å². The van der Waals surface area contributed by atoms with Crippen LogP contribution in [-0.2, 0) is 20.8 Å². The molecule has 10 nitrogen and oxygen atoms in total. The van der Waals surface area contributed by atoms with E-state index in [0.29, 0.717) is 51.7 Å². The molecule has 0 aromatic heterocycles. The van der Waals surface area contributed by atoms with E-state index in [-0.39, 0.29) is 12.8 Å². The van der Waals surface area contributed by atoms with Gasteiger partial charge in [-0.2, -0.15) is 0 Å². The standard InChI is InChI=1S/C46H58N2O8/c1-42(2,3)38(45(51,30-20-11-15-24-34(30)53-7)31-21-12-16-25-35(31)54-8)48(41(50)44(40(47)49)28-19-29-44)39(43(4,5)6)46(52,32-22-13-17-26-36(32)55-9)33-23-14-18-27-37(33)56-10/h11-18,20-27,38-39,51-52H,19,28-29H2,1-10H3,(H2,47,49)/t38-,39-/m1/s1. The second-order valence-corrected chi connectivity index (χ2v) is 16.9. The van der Waals surface area contributed by atoms with Crippen molar-refractivity contribution < 1.29 is 38.7 Å². The Bertz CT molecular complexity index is 1810. The number of primary amides is 1. The van der Waals surface area contributed by atoms with Crippen molar-refractivity contribution in [1.82, 2.24) is 4.90 Å². The summed E-state index contributed by atoms with van der Waals surface area (Å²) in [7, 11) is 6.08. The predicted molar refractivity (Wildman–Crippen MR) is 217 cm³/mol. The van der Waals surface area contributed by atoms with E-state index >= 15 is 4.79 Å². The first-order valence-electron chi connectivity index (χ1n) is 19.0. The zero-order chi connectivity index (χ0) is 41.3. The average molecular weight is 767 g/mol. The number of aliphatic hydroxyl groups is 2. The summed E-state index contributed by atoms with van der Waals surface area (Å²) >= 11 is 0. The number of para-hydroxylation sites is 4. The lowest BCUT2D eigenvalue weighted by Gasteiger charge is -2.60. The highest BCUT2D eigenvalue weighted by Gasteiger charge is 2.64. The number of benzene rings is 4. The van der Waals surface area contributed by atoms with Crippen LogP contribution < -0.4 is 24.7 Å². The molecule has 300 valence electrons. The van der Waals surface area contributed by atoms with Crippen LogP contribution in [0.15, 0.2) is 97.1 Å². The number of ether oxygens (including phenoxy) is 4. The van der Waals surface area contributed by atoms with Crippen LogP contribution in [-0.4, -0.2) is 67.5 Å². The third-order valence-electron chi connectivity index (χ3n) is 11.4. The van der Waals surface area contributed by atoms with Crippen molar-refractivity contribution in [3.63, 3.8) is 0 Å². The van der Waals surface area contributed by atoms with E-state index in [0.717, 1.165) is 0 Å². The number of amides is 2. The molecular formula is C46H58N2O8. The lowest BCUT2D eigenvalue weighted by atomic mass is 9.61. The molecule has 0 bridgehead atoms. The maximum Gasteiger partial charge on any atom is 0.239 e. The molecule has 5 rings (SSSR count). The number of carbonyl (C=O) groups excluding carboxylic acids is 2. The summed E-state index contributed by atoms with van der Waals surface area (Å²) < 4.78 is 23.8. The first kappa shape index (κ1) is 42.1. The zero-order valence-corrected chi connectivity index (χ0v) is 34.4. The molecule has 2 amide bonds. The zero-order valence-electron chi connectivity index (χ0n) is 34.4. The van der Waals surface area contributed by atoms with Gasteiger partial charge in [-0.1, -0.05) is 121 Å². The highest BCUT2D eigenvalue weighted by molar-refractivity contribution is 6.05. The third-order valence-corrected chi connectivity index (χ3v) is 11.4. The smallest absolute Gasteiger partial charge is 0.239 e. The topological polar surface area (TPSA) is 141 Å². The fourth-order valence-corrected chi connectivity index (χ4v) is 8.93. The number of hydrogen-bond donors (Lipinski definition) is 3. The van der Waals surface area contributed by atoms with Crippen LogP contribution in [0.5, 0.6) is 23.0 Å². The fraction of sp³-hybridized carbons (Fsp3) is 0.435. The molecule has 4 aromatic rings. The van der Waals surface area contributed by atoms with E-state index in [1.165, 1.54) is 28.4 Å². The summed E-state index contributed by atoms with van der Waals surface area (Å²) in [6, 6.07) is 25.9. The van der Waals surface area contributed by atoms with Gasteiger partial charge < -0.3 is 39.8 Å². The monoisotopic (exact) mass is 766 g/mol. The van der Waals surface area contributed by atoms with Crippen LogP contribution in [0.2, 0.25) is 0 Å². The second-order valence-electron chi connectivity index (χ2n) is 16.9. The van der Waals surface area contributed by atoms with Gasteiger partial charge in [0.1, 0.15) is 39.6 Å². The number of methoxy groups -OCH3 is 4. The first-order valence-corrected chi connectivity index (χ1v) is 19.0. The summed E-state index contributed by atoms with van der Waals surface area (Å²) in [5, 5.41) is 28.4. The molecule has 4 N–H and O–H groups in total. The van der Waals surface area contributed by atoms with Crippen molar-refractivity contribution in [2.75, 3.05) is 28.4 Å². The van der Waals surface area contributed by atoms with Crippen molar-refractivity contribution in [2.24, 2.45) is 22.0 Å². The largest absolute Gasteiger partial charge is 0.496 e. The van der Waals surface area contributed by atoms with Gasteiger partial charge in [0, 0.05) is 22.3 Å². The minimum atomic E-state index is -2.12. The SMILES string of the molecule is COc1ccccc1C(O)(c1ccccc1OC)[C@H](N(C(=O)C1(C(N)=O)CCC1)[C@H](C(C)(C)C)C(O)(c1ccccc1OC)c1ccccc1OC)C(C)(C)C. The Morgan fingerprint density at radius 1 is 0.571 bits per heavy atom. The van der Waals surface area contributed by atoms with Gasteiger partial charge in [-0.25, -0.2) is 0 Å². The van der Waals surface area contributed by atoms with Crippen LogP contribution in [0, 0.1) is 16.2 Å². The minimum Gasteiger partial charge on any atom is -0.496 e. The number of carbonyl (C=O) groups is 2. The van der Waals surface area contributed by atoms with Gasteiger partial charge in [0.05, 0.1) is 40.5 Å². The maximum absolute atomic E-state index is 16.2. The first-order chi connectivity index (χ1) is 26.4. The van der Waals surface area contributed by atoms with Crippen LogP contribution in [0.1, 0.15) is 83.1 Å². The van der Waals surface area contributed by atoms with E-state index in [1.807, 2.05) is 41.5 Å². The molecule has 0 spiro atoms. The molecule has 0 radical (unpaired) electrons. The van der Waals surface area contributed by atoms with E-state index in [2.05, 4.69) is 0 Å². The van der Waals surface area contributed by atoms with Gasteiger partial charge in [-0.05, 0) is 47.9 Å². The summed E-state index contributed by atoms with van der Waals surface area (Å²) in [5.74, 6) is 0.0409. The molecule has 1 saturated carbocycles. The van der Waals surface area contributed by atoms with Crippen molar-refractivity contribution in [1.29, 1.82) is 0 Å². The van der Waals surface area contributed by atoms with Gasteiger partial charge in [0.25, 0.3) is 0 Å². The average Bonchev–Trinajstić information content (AvgIpc) is 3.15. The van der Waals surface area contributed by atoms with E-state index < -0.39 is 51.3 Å². The molecular weight excluding hydrogens is 709 g/mol. The van der Waals surface area contributed by atoms with E-state index in [9.17, 15) is 15.0 Å². The lowest BCUT2D eigenvalue weighted by Crippen LogP contribution is -2.72. The quantitative estimate of drug-likeness (QED) is 0.115.